The molecule has 0 aromatic carbocycles. The van der Waals surface area contributed by atoms with E-state index in [0.717, 1.165) is 29.8 Å². The molecule has 0 aliphatic carbocycles. The maximum Gasteiger partial charge on any atom is 0.208 e. The molecule has 6 nitrogen and oxygen atoms in total. The molecule has 0 saturated carbocycles. The third kappa shape index (κ3) is 6.13. The Morgan fingerprint density at radius 2 is 1.91 bits per heavy atom. The number of nitrogens with one attached hydrogen (secondary N) is 2. The van der Waals surface area contributed by atoms with Crippen LogP contribution in [0.4, 0.5) is 9.52 Å². The standard InChI is InChI=1S/C24H37FN6S/c1-9-18(16(13-26)14-27)20(25)10-19(15(2)3)21-28-29-22(32-21)31(8)17-11-23(4,5)30-24(6,7)12-17/h9-10,13-14,17,19,26,30H,2,11-12,27H2,1,3-8H3/b16-14+,18-9-,20-10+,26-13?. The molecule has 1 fully saturated rings. The summed E-state index contributed by atoms with van der Waals surface area (Å²) in [5, 5.41) is 21.5. The number of rotatable bonds is 8. The Bertz CT molecular complexity index is 924. The molecule has 176 valence electrons. The van der Waals surface area contributed by atoms with Crippen LogP contribution in [-0.4, -0.2) is 40.6 Å². The van der Waals surface area contributed by atoms with Gasteiger partial charge in [-0.3, -0.25) is 0 Å². The Morgan fingerprint density at radius 1 is 1.31 bits per heavy atom. The largest absolute Gasteiger partial charge is 0.404 e. The fraction of sp³-hybridized carbons (Fsp3) is 0.542. The first kappa shape index (κ1) is 25.9. The molecule has 1 aromatic rings. The summed E-state index contributed by atoms with van der Waals surface area (Å²) in [4.78, 5) is 2.20. The summed E-state index contributed by atoms with van der Waals surface area (Å²) < 4.78 is 15.1. The molecule has 32 heavy (non-hydrogen) atoms. The van der Waals surface area contributed by atoms with Crippen molar-refractivity contribution in [3.05, 3.63) is 52.5 Å². The van der Waals surface area contributed by atoms with E-state index in [1.165, 1.54) is 23.6 Å². The van der Waals surface area contributed by atoms with Crippen molar-refractivity contribution in [3.63, 3.8) is 0 Å². The van der Waals surface area contributed by atoms with Gasteiger partial charge in [0, 0.05) is 47.7 Å². The predicted octanol–water partition coefficient (Wildman–Crippen LogP) is 5.24. The lowest BCUT2D eigenvalue weighted by atomic mass is 9.79. The molecule has 1 aliphatic rings. The highest BCUT2D eigenvalue weighted by molar-refractivity contribution is 7.15. The summed E-state index contributed by atoms with van der Waals surface area (Å²) in [6.45, 7) is 16.5. The zero-order valence-corrected chi connectivity index (χ0v) is 21.1. The molecule has 0 bridgehead atoms. The highest BCUT2D eigenvalue weighted by atomic mass is 32.1. The minimum atomic E-state index is -0.465. The fourth-order valence-electron chi connectivity index (χ4n) is 4.51. The molecule has 1 unspecified atom stereocenters. The van der Waals surface area contributed by atoms with Gasteiger partial charge in [0.2, 0.25) is 5.13 Å². The van der Waals surface area contributed by atoms with Crippen molar-refractivity contribution < 1.29 is 4.39 Å². The fourth-order valence-corrected chi connectivity index (χ4v) is 5.55. The van der Waals surface area contributed by atoms with Gasteiger partial charge >= 0.3 is 0 Å². The normalized spacial score (nSPS) is 20.7. The van der Waals surface area contributed by atoms with Crippen LogP contribution in [-0.2, 0) is 0 Å². The van der Waals surface area contributed by atoms with Gasteiger partial charge in [0.15, 0.2) is 0 Å². The Balaban J connectivity index is 2.33. The molecule has 1 saturated heterocycles. The van der Waals surface area contributed by atoms with E-state index in [4.69, 9.17) is 11.1 Å². The van der Waals surface area contributed by atoms with Crippen LogP contribution < -0.4 is 16.0 Å². The van der Waals surface area contributed by atoms with Crippen LogP contribution in [0, 0.1) is 5.41 Å². The number of nitrogens with two attached hydrogens (primary N) is 1. The summed E-state index contributed by atoms with van der Waals surface area (Å²) in [6, 6.07) is 0.317. The Kier molecular flexibility index (Phi) is 8.17. The molecule has 1 atom stereocenters. The third-order valence-electron chi connectivity index (χ3n) is 5.75. The van der Waals surface area contributed by atoms with E-state index < -0.39 is 11.7 Å². The molecule has 1 aliphatic heterocycles. The average Bonchev–Trinajstić information content (AvgIpc) is 3.16. The zero-order chi connectivity index (χ0) is 24.3. The van der Waals surface area contributed by atoms with E-state index in [2.05, 4.69) is 61.7 Å². The van der Waals surface area contributed by atoms with Gasteiger partial charge in [-0.1, -0.05) is 29.6 Å². The van der Waals surface area contributed by atoms with Crippen molar-refractivity contribution in [2.24, 2.45) is 5.73 Å². The summed E-state index contributed by atoms with van der Waals surface area (Å²) in [6.07, 6.45) is 7.33. The first-order valence-electron chi connectivity index (χ1n) is 10.8. The number of nitrogens with zero attached hydrogens (tertiary/aromatic N) is 3. The van der Waals surface area contributed by atoms with Crippen LogP contribution in [0.25, 0.3) is 0 Å². The second-order valence-corrected chi connectivity index (χ2v) is 10.8. The van der Waals surface area contributed by atoms with E-state index >= 15 is 4.39 Å². The Morgan fingerprint density at radius 3 is 2.38 bits per heavy atom. The number of hydrogen-bond donors (Lipinski definition) is 3. The molecule has 1 aromatic heterocycles. The first-order chi connectivity index (χ1) is 14.8. The van der Waals surface area contributed by atoms with Crippen LogP contribution in [0.2, 0.25) is 0 Å². The molecule has 0 radical (unpaired) electrons. The van der Waals surface area contributed by atoms with Gasteiger partial charge in [-0.2, -0.15) is 0 Å². The minimum absolute atomic E-state index is 0.0201. The number of hydrogen-bond acceptors (Lipinski definition) is 7. The lowest BCUT2D eigenvalue weighted by Gasteiger charge is -2.48. The lowest BCUT2D eigenvalue weighted by molar-refractivity contribution is 0.161. The number of piperidine rings is 1. The third-order valence-corrected chi connectivity index (χ3v) is 6.85. The second-order valence-electron chi connectivity index (χ2n) is 9.80. The number of halogens is 1. The maximum absolute atomic E-state index is 15.1. The van der Waals surface area contributed by atoms with E-state index in [-0.39, 0.29) is 16.7 Å². The number of allylic oxidation sites excluding steroid dienone is 6. The van der Waals surface area contributed by atoms with Crippen molar-refractivity contribution >= 4 is 22.7 Å². The highest BCUT2D eigenvalue weighted by Crippen LogP contribution is 2.37. The van der Waals surface area contributed by atoms with Crippen LogP contribution in [0.1, 0.15) is 65.3 Å². The lowest BCUT2D eigenvalue weighted by Crippen LogP contribution is -2.61. The van der Waals surface area contributed by atoms with Crippen LogP contribution in [0.3, 0.4) is 0 Å². The van der Waals surface area contributed by atoms with Gasteiger partial charge in [-0.15, -0.1) is 10.2 Å². The van der Waals surface area contributed by atoms with Crippen molar-refractivity contribution in [1.29, 1.82) is 5.41 Å². The molecule has 0 spiro atoms. The van der Waals surface area contributed by atoms with E-state index in [0.29, 0.717) is 16.6 Å². The highest BCUT2D eigenvalue weighted by Gasteiger charge is 2.40. The monoisotopic (exact) mass is 460 g/mol. The van der Waals surface area contributed by atoms with Crippen molar-refractivity contribution in [2.45, 2.75) is 77.4 Å². The number of aromatic nitrogens is 2. The maximum atomic E-state index is 15.1. The van der Waals surface area contributed by atoms with E-state index in [1.807, 2.05) is 6.92 Å². The predicted molar refractivity (Wildman–Crippen MR) is 134 cm³/mol. The SMILES string of the molecule is C=C(C)C(\C=C(F)/C(=C\C)C(/C=N)=C/N)c1nnc(N(C)C2CC(C)(C)NC(C)(C)C2)s1. The topological polar surface area (TPSA) is 90.9 Å². The average molecular weight is 461 g/mol. The van der Waals surface area contributed by atoms with E-state index in [1.54, 1.807) is 13.0 Å². The molecule has 8 heteroatoms. The van der Waals surface area contributed by atoms with Crippen molar-refractivity contribution in [2.75, 3.05) is 11.9 Å². The van der Waals surface area contributed by atoms with Crippen LogP contribution >= 0.6 is 11.3 Å². The van der Waals surface area contributed by atoms with Gasteiger partial charge in [0.25, 0.3) is 0 Å². The molecule has 4 N–H and O–H groups in total. The second kappa shape index (κ2) is 10.1. The molecule has 2 rings (SSSR count). The quantitative estimate of drug-likeness (QED) is 0.280. The number of anilines is 1. The summed E-state index contributed by atoms with van der Waals surface area (Å²) in [5.41, 5.74) is 6.94. The summed E-state index contributed by atoms with van der Waals surface area (Å²) in [5.74, 6) is -0.886. The molecule has 0 amide bonds. The zero-order valence-electron chi connectivity index (χ0n) is 20.3. The van der Waals surface area contributed by atoms with Gasteiger partial charge < -0.3 is 21.4 Å². The van der Waals surface area contributed by atoms with E-state index in [9.17, 15) is 0 Å². The van der Waals surface area contributed by atoms with Gasteiger partial charge in [-0.25, -0.2) is 4.39 Å². The molecular weight excluding hydrogens is 423 g/mol. The Labute approximate surface area is 195 Å². The van der Waals surface area contributed by atoms with Crippen molar-refractivity contribution in [1.82, 2.24) is 15.5 Å². The van der Waals surface area contributed by atoms with Crippen LogP contribution in [0.15, 0.2) is 47.5 Å². The Hall–Kier alpha value is -2.32. The minimum Gasteiger partial charge on any atom is -0.404 e. The first-order valence-corrected chi connectivity index (χ1v) is 11.6. The summed E-state index contributed by atoms with van der Waals surface area (Å²) in [7, 11) is 2.05. The smallest absolute Gasteiger partial charge is 0.208 e. The molecular formula is C24H37FN6S. The van der Waals surface area contributed by atoms with Crippen LogP contribution in [0.5, 0.6) is 0 Å². The molecule has 2 heterocycles. The van der Waals surface area contributed by atoms with Gasteiger partial charge in [0.1, 0.15) is 10.8 Å². The summed E-state index contributed by atoms with van der Waals surface area (Å²) >= 11 is 1.46. The van der Waals surface area contributed by atoms with Gasteiger partial charge in [-0.05, 0) is 60.5 Å². The van der Waals surface area contributed by atoms with Crippen molar-refractivity contribution in [3.8, 4) is 0 Å². The van der Waals surface area contributed by atoms with Gasteiger partial charge in [0.05, 0.1) is 5.92 Å².